The summed E-state index contributed by atoms with van der Waals surface area (Å²) >= 11 is 3.39. The predicted octanol–water partition coefficient (Wildman–Crippen LogP) is 3.43. The van der Waals surface area contributed by atoms with Crippen molar-refractivity contribution in [1.29, 1.82) is 0 Å². The molecule has 0 bridgehead atoms. The molecule has 3 rings (SSSR count). The van der Waals surface area contributed by atoms with E-state index in [0.717, 1.165) is 15.8 Å². The van der Waals surface area contributed by atoms with E-state index in [4.69, 9.17) is 9.15 Å². The van der Waals surface area contributed by atoms with Gasteiger partial charge < -0.3 is 9.15 Å². The van der Waals surface area contributed by atoms with Crippen LogP contribution in [-0.4, -0.2) is 27.1 Å². The van der Waals surface area contributed by atoms with Crippen LogP contribution in [0.15, 0.2) is 45.5 Å². The van der Waals surface area contributed by atoms with Crippen molar-refractivity contribution in [1.82, 2.24) is 20.0 Å². The topological polar surface area (TPSA) is 66.0 Å². The lowest BCUT2D eigenvalue weighted by atomic mass is 10.1. The van der Waals surface area contributed by atoms with E-state index in [1.807, 2.05) is 42.1 Å². The Morgan fingerprint density at radius 2 is 2.04 bits per heavy atom. The van der Waals surface area contributed by atoms with Gasteiger partial charge in [-0.15, -0.1) is 10.2 Å². The number of hydrogen-bond acceptors (Lipinski definition) is 5. The molecule has 6 nitrogen and oxygen atoms in total. The minimum Gasteiger partial charge on any atom is -0.497 e. The Bertz CT molecular complexity index is 766. The minimum absolute atomic E-state index is 0.0962. The number of nitrogens with zero attached hydrogens (tertiary/aromatic N) is 4. The molecule has 0 saturated carbocycles. The highest BCUT2D eigenvalue weighted by molar-refractivity contribution is 9.10. The SMILES string of the molecule is COc1ccc(Cc2nnc(C(C)Cn3cc(Br)cn3)o2)cc1. The van der Waals surface area contributed by atoms with E-state index in [1.165, 1.54) is 0 Å². The number of benzene rings is 1. The maximum Gasteiger partial charge on any atom is 0.221 e. The Hall–Kier alpha value is -2.15. The fourth-order valence-electron chi connectivity index (χ4n) is 2.25. The van der Waals surface area contributed by atoms with Gasteiger partial charge >= 0.3 is 0 Å². The van der Waals surface area contributed by atoms with Gasteiger partial charge in [-0.05, 0) is 33.6 Å². The van der Waals surface area contributed by atoms with Crippen LogP contribution in [0.2, 0.25) is 0 Å². The number of aromatic nitrogens is 4. The van der Waals surface area contributed by atoms with Gasteiger partial charge in [0.15, 0.2) is 0 Å². The Balaban J connectivity index is 1.64. The van der Waals surface area contributed by atoms with Gasteiger partial charge in [-0.1, -0.05) is 19.1 Å². The molecule has 0 amide bonds. The van der Waals surface area contributed by atoms with Crippen molar-refractivity contribution in [2.24, 2.45) is 0 Å². The smallest absolute Gasteiger partial charge is 0.221 e. The first-order chi connectivity index (χ1) is 11.1. The molecule has 23 heavy (non-hydrogen) atoms. The van der Waals surface area contributed by atoms with Gasteiger partial charge in [0.2, 0.25) is 11.8 Å². The second kappa shape index (κ2) is 6.95. The molecule has 0 radical (unpaired) electrons. The number of rotatable bonds is 6. The molecule has 1 unspecified atom stereocenters. The third kappa shape index (κ3) is 3.98. The molecule has 2 heterocycles. The summed E-state index contributed by atoms with van der Waals surface area (Å²) in [4.78, 5) is 0. The second-order valence-electron chi connectivity index (χ2n) is 5.34. The molecule has 120 valence electrons. The Kier molecular flexibility index (Phi) is 4.76. The normalized spacial score (nSPS) is 12.3. The van der Waals surface area contributed by atoms with Crippen LogP contribution in [0.1, 0.15) is 30.2 Å². The Morgan fingerprint density at radius 3 is 2.70 bits per heavy atom. The summed E-state index contributed by atoms with van der Waals surface area (Å²) in [5.41, 5.74) is 1.10. The monoisotopic (exact) mass is 376 g/mol. The summed E-state index contributed by atoms with van der Waals surface area (Å²) < 4.78 is 13.7. The van der Waals surface area contributed by atoms with E-state index in [2.05, 4.69) is 31.2 Å². The Morgan fingerprint density at radius 1 is 1.26 bits per heavy atom. The van der Waals surface area contributed by atoms with E-state index in [9.17, 15) is 0 Å². The maximum absolute atomic E-state index is 5.78. The van der Waals surface area contributed by atoms with Gasteiger partial charge in [-0.3, -0.25) is 4.68 Å². The molecule has 0 aliphatic carbocycles. The summed E-state index contributed by atoms with van der Waals surface area (Å²) in [7, 11) is 1.65. The third-order valence-electron chi connectivity index (χ3n) is 3.48. The van der Waals surface area contributed by atoms with Crippen molar-refractivity contribution in [2.45, 2.75) is 25.8 Å². The predicted molar refractivity (Wildman–Crippen MR) is 88.4 cm³/mol. The van der Waals surface area contributed by atoms with E-state index >= 15 is 0 Å². The number of halogens is 1. The quantitative estimate of drug-likeness (QED) is 0.659. The molecule has 3 aromatic rings. The molecule has 0 fully saturated rings. The molecular formula is C16H17BrN4O2. The van der Waals surface area contributed by atoms with Gasteiger partial charge in [-0.25, -0.2) is 0 Å². The molecule has 0 N–H and O–H groups in total. The summed E-state index contributed by atoms with van der Waals surface area (Å²) in [6.07, 6.45) is 4.29. The van der Waals surface area contributed by atoms with Gasteiger partial charge in [0.05, 0.1) is 36.7 Å². The summed E-state index contributed by atoms with van der Waals surface area (Å²) in [5.74, 6) is 2.16. The summed E-state index contributed by atoms with van der Waals surface area (Å²) in [5, 5.41) is 12.5. The maximum atomic E-state index is 5.78. The lowest BCUT2D eigenvalue weighted by Gasteiger charge is -2.06. The van der Waals surface area contributed by atoms with Crippen LogP contribution in [0, 0.1) is 0 Å². The highest BCUT2D eigenvalue weighted by Crippen LogP contribution is 2.19. The van der Waals surface area contributed by atoms with Gasteiger partial charge in [0.25, 0.3) is 0 Å². The van der Waals surface area contributed by atoms with Crippen LogP contribution in [0.4, 0.5) is 0 Å². The molecule has 0 saturated heterocycles. The molecule has 2 aromatic heterocycles. The fourth-order valence-corrected chi connectivity index (χ4v) is 2.58. The highest BCUT2D eigenvalue weighted by atomic mass is 79.9. The average Bonchev–Trinajstić information content (AvgIpc) is 3.17. The van der Waals surface area contributed by atoms with Gasteiger partial charge in [0.1, 0.15) is 5.75 Å². The molecular weight excluding hydrogens is 360 g/mol. The highest BCUT2D eigenvalue weighted by Gasteiger charge is 2.15. The van der Waals surface area contributed by atoms with Crippen molar-refractivity contribution in [3.63, 3.8) is 0 Å². The zero-order chi connectivity index (χ0) is 16.2. The van der Waals surface area contributed by atoms with Crippen LogP contribution in [0.25, 0.3) is 0 Å². The van der Waals surface area contributed by atoms with E-state index in [1.54, 1.807) is 13.3 Å². The molecule has 1 aromatic carbocycles. The number of ether oxygens (including phenoxy) is 1. The minimum atomic E-state index is 0.0962. The molecule has 0 aliphatic heterocycles. The van der Waals surface area contributed by atoms with Crippen molar-refractivity contribution >= 4 is 15.9 Å². The van der Waals surface area contributed by atoms with Crippen LogP contribution < -0.4 is 4.74 Å². The van der Waals surface area contributed by atoms with Crippen LogP contribution in [0.3, 0.4) is 0 Å². The Labute approximate surface area is 142 Å². The van der Waals surface area contributed by atoms with E-state index < -0.39 is 0 Å². The fraction of sp³-hybridized carbons (Fsp3) is 0.312. The second-order valence-corrected chi connectivity index (χ2v) is 6.26. The molecule has 1 atom stereocenters. The zero-order valence-electron chi connectivity index (χ0n) is 12.9. The van der Waals surface area contributed by atoms with Crippen molar-refractivity contribution in [3.05, 3.63) is 58.5 Å². The lowest BCUT2D eigenvalue weighted by Crippen LogP contribution is -2.06. The molecule has 0 spiro atoms. The standard InChI is InChI=1S/C16H17BrN4O2/c1-11(9-21-10-13(17)8-18-21)16-20-19-15(23-16)7-12-3-5-14(22-2)6-4-12/h3-6,8,10-11H,7,9H2,1-2H3. The van der Waals surface area contributed by atoms with E-state index in [-0.39, 0.29) is 5.92 Å². The summed E-state index contributed by atoms with van der Waals surface area (Å²) in [6.45, 7) is 2.73. The van der Waals surface area contributed by atoms with Gasteiger partial charge in [-0.2, -0.15) is 5.10 Å². The molecule has 0 aliphatic rings. The largest absolute Gasteiger partial charge is 0.497 e. The van der Waals surface area contributed by atoms with Crippen molar-refractivity contribution < 1.29 is 9.15 Å². The van der Waals surface area contributed by atoms with Crippen LogP contribution in [0.5, 0.6) is 5.75 Å². The van der Waals surface area contributed by atoms with Gasteiger partial charge in [0, 0.05) is 6.20 Å². The third-order valence-corrected chi connectivity index (χ3v) is 3.89. The lowest BCUT2D eigenvalue weighted by molar-refractivity contribution is 0.399. The van der Waals surface area contributed by atoms with E-state index in [0.29, 0.717) is 24.7 Å². The zero-order valence-corrected chi connectivity index (χ0v) is 14.5. The number of methoxy groups -OCH3 is 1. The average molecular weight is 377 g/mol. The summed E-state index contributed by atoms with van der Waals surface area (Å²) in [6, 6.07) is 7.83. The first kappa shape index (κ1) is 15.7. The first-order valence-corrected chi connectivity index (χ1v) is 8.06. The molecule has 7 heteroatoms. The van der Waals surface area contributed by atoms with Crippen LogP contribution >= 0.6 is 15.9 Å². The van der Waals surface area contributed by atoms with Crippen molar-refractivity contribution in [2.75, 3.05) is 7.11 Å². The first-order valence-electron chi connectivity index (χ1n) is 7.27. The number of hydrogen-bond donors (Lipinski definition) is 0. The van der Waals surface area contributed by atoms with Crippen LogP contribution in [-0.2, 0) is 13.0 Å². The van der Waals surface area contributed by atoms with Crippen molar-refractivity contribution in [3.8, 4) is 5.75 Å².